The first-order valence-corrected chi connectivity index (χ1v) is 12.1. The number of hydrazone groups is 1. The summed E-state index contributed by atoms with van der Waals surface area (Å²) in [6.07, 6.45) is 3.48. The number of carbonyl (C=O) groups is 2. The highest BCUT2D eigenvalue weighted by Gasteiger charge is 2.35. The Balaban J connectivity index is 1.40. The van der Waals surface area contributed by atoms with Crippen LogP contribution in [0, 0.1) is 0 Å². The average Bonchev–Trinajstić information content (AvgIpc) is 3.25. The van der Waals surface area contributed by atoms with Gasteiger partial charge in [-0.15, -0.1) is 0 Å². The van der Waals surface area contributed by atoms with E-state index in [0.717, 1.165) is 52.6 Å². The molecule has 0 unspecified atom stereocenters. The lowest BCUT2D eigenvalue weighted by molar-refractivity contribution is -0.129. The van der Waals surface area contributed by atoms with Crippen LogP contribution in [0.15, 0.2) is 83.5 Å². The number of hydrogen-bond donors (Lipinski definition) is 1. The monoisotopic (exact) mass is 497 g/mol. The van der Waals surface area contributed by atoms with Crippen LogP contribution in [0.2, 0.25) is 0 Å². The molecule has 3 aromatic rings. The van der Waals surface area contributed by atoms with Crippen molar-refractivity contribution in [3.63, 3.8) is 0 Å². The van der Waals surface area contributed by atoms with Crippen LogP contribution in [0.5, 0.6) is 5.75 Å². The third-order valence-electron chi connectivity index (χ3n) is 6.32. The summed E-state index contributed by atoms with van der Waals surface area (Å²) < 4.78 is 10.7. The Morgan fingerprint density at radius 3 is 2.54 bits per heavy atom. The molecule has 188 valence electrons. The number of carbonyl (C=O) groups excluding carboxylic acids is 1. The zero-order valence-electron chi connectivity index (χ0n) is 20.5. The molecular weight excluding hydrogens is 470 g/mol. The van der Waals surface area contributed by atoms with E-state index in [0.29, 0.717) is 18.9 Å². The minimum Gasteiger partial charge on any atom is -0.491 e. The van der Waals surface area contributed by atoms with Crippen LogP contribution < -0.4 is 14.6 Å². The summed E-state index contributed by atoms with van der Waals surface area (Å²) in [5.41, 5.74) is 4.38. The molecule has 0 fully saturated rings. The summed E-state index contributed by atoms with van der Waals surface area (Å²) >= 11 is 0. The number of methoxy groups -OCH3 is 1. The van der Waals surface area contributed by atoms with E-state index in [9.17, 15) is 14.7 Å². The summed E-state index contributed by atoms with van der Waals surface area (Å²) in [5.74, 6) is -0.908. The molecule has 2 aliphatic heterocycles. The summed E-state index contributed by atoms with van der Waals surface area (Å²) in [7, 11) is 1.64. The number of amides is 1. The van der Waals surface area contributed by atoms with Gasteiger partial charge in [-0.05, 0) is 78.6 Å². The van der Waals surface area contributed by atoms with E-state index in [1.807, 2.05) is 48.5 Å². The Hall–Kier alpha value is -4.43. The van der Waals surface area contributed by atoms with Crippen molar-refractivity contribution in [2.24, 2.45) is 5.10 Å². The Morgan fingerprint density at radius 1 is 1.03 bits per heavy atom. The zero-order valence-corrected chi connectivity index (χ0v) is 20.5. The van der Waals surface area contributed by atoms with E-state index in [4.69, 9.17) is 9.47 Å². The molecule has 3 aromatic carbocycles. The number of aliphatic carboxylic acids is 1. The third kappa shape index (κ3) is 5.10. The van der Waals surface area contributed by atoms with Gasteiger partial charge in [-0.2, -0.15) is 10.1 Å². The Bertz CT molecular complexity index is 1370. The number of carboxylic acid groups (broad SMARTS) is 1. The van der Waals surface area contributed by atoms with Crippen LogP contribution in [0.3, 0.4) is 0 Å². The fourth-order valence-electron chi connectivity index (χ4n) is 4.55. The van der Waals surface area contributed by atoms with Crippen molar-refractivity contribution >= 4 is 40.7 Å². The smallest absolute Gasteiger partial charge is 0.357 e. The lowest BCUT2D eigenvalue weighted by Crippen LogP contribution is -2.24. The molecule has 0 saturated heterocycles. The van der Waals surface area contributed by atoms with Crippen LogP contribution >= 0.6 is 0 Å². The number of aryl methyl sites for hydroxylation is 1. The van der Waals surface area contributed by atoms with Crippen LogP contribution in [0.4, 0.5) is 17.1 Å². The lowest BCUT2D eigenvalue weighted by Gasteiger charge is -2.31. The van der Waals surface area contributed by atoms with E-state index in [-0.39, 0.29) is 11.3 Å². The van der Waals surface area contributed by atoms with Gasteiger partial charge in [0.1, 0.15) is 12.4 Å². The number of benzene rings is 3. The number of nitrogens with zero attached hydrogens (tertiary/aromatic N) is 3. The summed E-state index contributed by atoms with van der Waals surface area (Å²) in [4.78, 5) is 27.3. The number of carboxylic acids is 1. The van der Waals surface area contributed by atoms with Crippen molar-refractivity contribution in [3.05, 3.63) is 89.5 Å². The Labute approximate surface area is 215 Å². The maximum atomic E-state index is 13.1. The second-order valence-electron chi connectivity index (χ2n) is 8.74. The van der Waals surface area contributed by atoms with Crippen LogP contribution in [0.25, 0.3) is 6.08 Å². The number of ether oxygens (including phenoxy) is 2. The molecule has 2 heterocycles. The first-order chi connectivity index (χ1) is 18.0. The van der Waals surface area contributed by atoms with Gasteiger partial charge < -0.3 is 19.5 Å². The minimum absolute atomic E-state index is 0.0630. The number of hydrogen-bond acceptors (Lipinski definition) is 6. The SMILES string of the molecule is COCCOc1ccc(N2CCCc3cc(/C=C4\C(=O)N(c5ccccc5)N=C4C(=O)O)ccc32)cc1. The summed E-state index contributed by atoms with van der Waals surface area (Å²) in [6, 6.07) is 22.7. The fourth-order valence-corrected chi connectivity index (χ4v) is 4.55. The van der Waals surface area contributed by atoms with E-state index in [2.05, 4.69) is 10.0 Å². The van der Waals surface area contributed by atoms with Crippen molar-refractivity contribution < 1.29 is 24.2 Å². The van der Waals surface area contributed by atoms with E-state index in [1.54, 1.807) is 37.5 Å². The average molecular weight is 498 g/mol. The minimum atomic E-state index is -1.24. The molecule has 0 spiro atoms. The number of rotatable bonds is 8. The molecule has 5 rings (SSSR count). The van der Waals surface area contributed by atoms with Gasteiger partial charge in [0.2, 0.25) is 0 Å². The number of para-hydroxylation sites is 1. The molecule has 0 aromatic heterocycles. The zero-order chi connectivity index (χ0) is 25.8. The van der Waals surface area contributed by atoms with Gasteiger partial charge in [-0.1, -0.05) is 24.3 Å². The summed E-state index contributed by atoms with van der Waals surface area (Å²) in [5, 5.41) is 14.9. The van der Waals surface area contributed by atoms with Gasteiger partial charge in [0.05, 0.1) is 17.9 Å². The molecule has 1 N–H and O–H groups in total. The highest BCUT2D eigenvalue weighted by atomic mass is 16.5. The van der Waals surface area contributed by atoms with Crippen molar-refractivity contribution in [2.45, 2.75) is 12.8 Å². The molecule has 0 saturated carbocycles. The van der Waals surface area contributed by atoms with Gasteiger partial charge in [0.15, 0.2) is 5.71 Å². The molecule has 1 amide bonds. The predicted octanol–water partition coefficient (Wildman–Crippen LogP) is 4.67. The van der Waals surface area contributed by atoms with Crippen molar-refractivity contribution in [2.75, 3.05) is 36.8 Å². The van der Waals surface area contributed by atoms with Crippen molar-refractivity contribution in [1.82, 2.24) is 0 Å². The first-order valence-electron chi connectivity index (χ1n) is 12.1. The second-order valence-corrected chi connectivity index (χ2v) is 8.74. The molecule has 0 bridgehead atoms. The number of fused-ring (bicyclic) bond motifs is 1. The number of anilines is 3. The van der Waals surface area contributed by atoms with Crippen molar-refractivity contribution in [1.29, 1.82) is 0 Å². The molecule has 0 aliphatic carbocycles. The van der Waals surface area contributed by atoms with Gasteiger partial charge in [0, 0.05) is 25.0 Å². The molecule has 0 atom stereocenters. The standard InChI is InChI=1S/C29H27N3O5/c1-36-16-17-37-24-12-10-22(11-13-24)31-15-5-6-21-18-20(9-14-26(21)31)19-25-27(29(34)35)30-32(28(25)33)23-7-3-2-4-8-23/h2-4,7-14,18-19H,5-6,15-17H2,1H3,(H,34,35)/b25-19-. The predicted molar refractivity (Wildman–Crippen MR) is 143 cm³/mol. The second kappa shape index (κ2) is 10.7. The molecule has 8 heteroatoms. The molecule has 37 heavy (non-hydrogen) atoms. The van der Waals surface area contributed by atoms with Gasteiger partial charge in [0.25, 0.3) is 5.91 Å². The third-order valence-corrected chi connectivity index (χ3v) is 6.32. The van der Waals surface area contributed by atoms with E-state index < -0.39 is 11.9 Å². The van der Waals surface area contributed by atoms with Gasteiger partial charge in [-0.3, -0.25) is 4.79 Å². The fraction of sp³-hybridized carbons (Fsp3) is 0.207. The Morgan fingerprint density at radius 2 is 1.81 bits per heavy atom. The maximum Gasteiger partial charge on any atom is 0.357 e. The van der Waals surface area contributed by atoms with E-state index in [1.165, 1.54) is 0 Å². The van der Waals surface area contributed by atoms with E-state index >= 15 is 0 Å². The summed E-state index contributed by atoms with van der Waals surface area (Å²) in [6.45, 7) is 1.92. The highest BCUT2D eigenvalue weighted by molar-refractivity contribution is 6.53. The lowest BCUT2D eigenvalue weighted by atomic mass is 9.97. The quantitative estimate of drug-likeness (QED) is 0.359. The first kappa shape index (κ1) is 24.3. The van der Waals surface area contributed by atoms with Crippen LogP contribution in [-0.4, -0.2) is 49.6 Å². The topological polar surface area (TPSA) is 91.7 Å². The molecule has 0 radical (unpaired) electrons. The Kier molecular flexibility index (Phi) is 7.00. The van der Waals surface area contributed by atoms with Gasteiger partial charge in [-0.25, -0.2) is 4.79 Å². The molecule has 2 aliphatic rings. The van der Waals surface area contributed by atoms with Crippen molar-refractivity contribution in [3.8, 4) is 5.75 Å². The molecule has 8 nitrogen and oxygen atoms in total. The highest BCUT2D eigenvalue weighted by Crippen LogP contribution is 2.35. The van der Waals surface area contributed by atoms with Crippen LogP contribution in [-0.2, 0) is 20.7 Å². The normalized spacial score (nSPS) is 16.1. The largest absolute Gasteiger partial charge is 0.491 e. The van der Waals surface area contributed by atoms with Crippen LogP contribution in [0.1, 0.15) is 17.5 Å². The molecular formula is C29H27N3O5. The van der Waals surface area contributed by atoms with Gasteiger partial charge >= 0.3 is 5.97 Å². The maximum absolute atomic E-state index is 13.1.